The Labute approximate surface area is 118 Å². The molecule has 0 unspecified atom stereocenters. The first-order valence-electron chi connectivity index (χ1n) is 5.44. The van der Waals surface area contributed by atoms with Gasteiger partial charge in [-0.25, -0.2) is 13.6 Å². The molecule has 0 N–H and O–H groups in total. The predicted octanol–water partition coefficient (Wildman–Crippen LogP) is 1.26. The van der Waals surface area contributed by atoms with Crippen molar-refractivity contribution in [3.8, 4) is 11.8 Å². The lowest BCUT2D eigenvalue weighted by molar-refractivity contribution is -0.154. The smallest absolute Gasteiger partial charge is 0.411 e. The average Bonchev–Trinajstić information content (AvgIpc) is 2.77. The van der Waals surface area contributed by atoms with Crippen LogP contribution in [0.1, 0.15) is 11.4 Å². The first-order chi connectivity index (χ1) is 10.2. The van der Waals surface area contributed by atoms with Gasteiger partial charge in [-0.1, -0.05) is 0 Å². The molecule has 1 aromatic heterocycles. The maximum atomic E-state index is 13.8. The molecule has 0 spiro atoms. The van der Waals surface area contributed by atoms with Crippen LogP contribution in [0.4, 0.5) is 22.0 Å². The van der Waals surface area contributed by atoms with E-state index in [2.05, 4.69) is 9.94 Å². The van der Waals surface area contributed by atoms with E-state index >= 15 is 0 Å². The third-order valence-corrected chi connectivity index (χ3v) is 2.56. The van der Waals surface area contributed by atoms with Crippen LogP contribution in [0, 0.1) is 23.0 Å². The van der Waals surface area contributed by atoms with E-state index in [1.807, 2.05) is 0 Å². The summed E-state index contributed by atoms with van der Waals surface area (Å²) in [7, 11) is 0.776. The quantitative estimate of drug-likeness (QED) is 0.781. The molecular formula is C11H5F5N4O2. The maximum absolute atomic E-state index is 13.8. The lowest BCUT2D eigenvalue weighted by Gasteiger charge is -2.04. The highest BCUT2D eigenvalue weighted by atomic mass is 19.4. The molecular weight excluding hydrogens is 315 g/mol. The molecule has 0 saturated carbocycles. The van der Waals surface area contributed by atoms with Crippen LogP contribution < -0.4 is 10.5 Å². The first-order valence-corrected chi connectivity index (χ1v) is 5.44. The van der Waals surface area contributed by atoms with Crippen molar-refractivity contribution in [3.05, 3.63) is 45.6 Å². The number of benzene rings is 1. The highest BCUT2D eigenvalue weighted by Gasteiger charge is 2.40. The number of alkyl halides is 3. The van der Waals surface area contributed by atoms with Gasteiger partial charge in [-0.15, -0.1) is 9.83 Å². The van der Waals surface area contributed by atoms with Gasteiger partial charge in [0, 0.05) is 6.07 Å². The normalized spacial score (nSPS) is 11.3. The van der Waals surface area contributed by atoms with E-state index in [9.17, 15) is 26.7 Å². The summed E-state index contributed by atoms with van der Waals surface area (Å²) in [6.45, 7) is 0. The summed E-state index contributed by atoms with van der Waals surface area (Å²) in [5.41, 5.74) is -3.04. The summed E-state index contributed by atoms with van der Waals surface area (Å²) in [6.07, 6.45) is -5.05. The van der Waals surface area contributed by atoms with E-state index < -0.39 is 40.6 Å². The van der Waals surface area contributed by atoms with Crippen LogP contribution in [0.3, 0.4) is 0 Å². The second-order valence-electron chi connectivity index (χ2n) is 3.89. The van der Waals surface area contributed by atoms with E-state index in [1.54, 1.807) is 0 Å². The van der Waals surface area contributed by atoms with Gasteiger partial charge in [0.25, 0.3) is 5.82 Å². The Morgan fingerprint density at radius 1 is 1.27 bits per heavy atom. The zero-order valence-corrected chi connectivity index (χ0v) is 10.6. The Balaban J connectivity index is 2.75. The molecule has 6 nitrogen and oxygen atoms in total. The van der Waals surface area contributed by atoms with Crippen molar-refractivity contribution in [1.82, 2.24) is 14.5 Å². The molecule has 0 radical (unpaired) electrons. The maximum Gasteiger partial charge on any atom is 0.455 e. The van der Waals surface area contributed by atoms with Crippen LogP contribution in [-0.2, 0) is 6.18 Å². The molecule has 0 saturated heterocycles. The van der Waals surface area contributed by atoms with Crippen molar-refractivity contribution >= 4 is 0 Å². The van der Waals surface area contributed by atoms with Gasteiger partial charge in [0.05, 0.1) is 5.56 Å². The molecule has 0 aliphatic rings. The minimum absolute atomic E-state index is 0.00804. The molecule has 0 bridgehead atoms. The number of hydrogen-bond acceptors (Lipinski definition) is 4. The lowest BCUT2D eigenvalue weighted by atomic mass is 10.2. The standard InChI is InChI=1S/C11H5F5N4O2/c1-22-20-9(11(14,15)16)18-19(10(20)21)8-3-6(12)5(4-17)2-7(8)13/h2-3H,1H3. The molecule has 1 heterocycles. The van der Waals surface area contributed by atoms with Crippen molar-refractivity contribution in [1.29, 1.82) is 5.26 Å². The fourth-order valence-electron chi connectivity index (χ4n) is 1.63. The molecule has 2 rings (SSSR count). The van der Waals surface area contributed by atoms with Crippen LogP contribution in [0.25, 0.3) is 5.69 Å². The fourth-order valence-corrected chi connectivity index (χ4v) is 1.63. The summed E-state index contributed by atoms with van der Waals surface area (Å²) in [5, 5.41) is 11.4. The summed E-state index contributed by atoms with van der Waals surface area (Å²) >= 11 is 0. The average molecular weight is 320 g/mol. The van der Waals surface area contributed by atoms with Crippen molar-refractivity contribution in [3.63, 3.8) is 0 Å². The van der Waals surface area contributed by atoms with Gasteiger partial charge in [-0.3, -0.25) is 0 Å². The summed E-state index contributed by atoms with van der Waals surface area (Å²) in [6, 6.07) is 2.18. The van der Waals surface area contributed by atoms with Crippen LogP contribution in [0.15, 0.2) is 16.9 Å². The number of aromatic nitrogens is 3. The fraction of sp³-hybridized carbons (Fsp3) is 0.182. The number of rotatable bonds is 2. The Kier molecular flexibility index (Phi) is 3.62. The van der Waals surface area contributed by atoms with Crippen molar-refractivity contribution in [2.24, 2.45) is 0 Å². The van der Waals surface area contributed by atoms with E-state index in [-0.39, 0.29) is 9.41 Å². The van der Waals surface area contributed by atoms with Gasteiger partial charge in [-0.2, -0.15) is 23.1 Å². The lowest BCUT2D eigenvalue weighted by Crippen LogP contribution is -2.30. The summed E-state index contributed by atoms with van der Waals surface area (Å²) in [4.78, 5) is 16.0. The monoisotopic (exact) mass is 320 g/mol. The van der Waals surface area contributed by atoms with Crippen molar-refractivity contribution in [2.75, 3.05) is 7.11 Å². The summed E-state index contributed by atoms with van der Waals surface area (Å²) in [5.74, 6) is -4.26. The molecule has 0 aliphatic heterocycles. The zero-order chi connectivity index (χ0) is 16.7. The molecule has 2 aromatic rings. The van der Waals surface area contributed by atoms with E-state index in [0.717, 1.165) is 7.11 Å². The Morgan fingerprint density at radius 2 is 1.91 bits per heavy atom. The van der Waals surface area contributed by atoms with Crippen LogP contribution in [0.5, 0.6) is 0 Å². The third-order valence-electron chi connectivity index (χ3n) is 2.56. The topological polar surface area (TPSA) is 72.8 Å². The highest BCUT2D eigenvalue weighted by molar-refractivity contribution is 5.41. The second kappa shape index (κ2) is 5.14. The second-order valence-corrected chi connectivity index (χ2v) is 3.89. The van der Waals surface area contributed by atoms with Gasteiger partial charge in [0.15, 0.2) is 5.82 Å². The number of halogens is 5. The molecule has 0 fully saturated rings. The van der Waals surface area contributed by atoms with Crippen molar-refractivity contribution < 1.29 is 26.8 Å². The summed E-state index contributed by atoms with van der Waals surface area (Å²) < 4.78 is 65.2. The number of nitriles is 1. The largest absolute Gasteiger partial charge is 0.455 e. The third kappa shape index (κ3) is 2.39. The Bertz CT molecular complexity index is 831. The zero-order valence-electron chi connectivity index (χ0n) is 10.6. The Morgan fingerprint density at radius 3 is 2.36 bits per heavy atom. The predicted molar refractivity (Wildman–Crippen MR) is 60.0 cm³/mol. The Hall–Kier alpha value is -2.90. The van der Waals surface area contributed by atoms with E-state index in [4.69, 9.17) is 5.26 Å². The van der Waals surface area contributed by atoms with Crippen molar-refractivity contribution in [2.45, 2.75) is 6.18 Å². The van der Waals surface area contributed by atoms with Crippen LogP contribution >= 0.6 is 0 Å². The minimum atomic E-state index is -5.05. The molecule has 22 heavy (non-hydrogen) atoms. The molecule has 0 amide bonds. The number of hydrogen-bond donors (Lipinski definition) is 0. The molecule has 116 valence electrons. The van der Waals surface area contributed by atoms with Gasteiger partial charge >= 0.3 is 11.9 Å². The van der Waals surface area contributed by atoms with Crippen LogP contribution in [-0.4, -0.2) is 21.6 Å². The molecule has 1 aromatic carbocycles. The van der Waals surface area contributed by atoms with Gasteiger partial charge < -0.3 is 4.84 Å². The minimum Gasteiger partial charge on any atom is -0.411 e. The molecule has 0 atom stereocenters. The van der Waals surface area contributed by atoms with Gasteiger partial charge in [0.2, 0.25) is 0 Å². The van der Waals surface area contributed by atoms with Crippen LogP contribution in [0.2, 0.25) is 0 Å². The first kappa shape index (κ1) is 15.5. The molecule has 0 aliphatic carbocycles. The highest BCUT2D eigenvalue weighted by Crippen LogP contribution is 2.27. The SMILES string of the molecule is COn1c(C(F)(F)F)nn(-c2cc(F)c(C#N)cc2F)c1=O. The van der Waals surface area contributed by atoms with E-state index in [0.29, 0.717) is 12.1 Å². The van der Waals surface area contributed by atoms with Gasteiger partial charge in [0.1, 0.15) is 24.7 Å². The van der Waals surface area contributed by atoms with Gasteiger partial charge in [-0.05, 0) is 6.07 Å². The number of nitrogens with zero attached hydrogens (tertiary/aromatic N) is 4. The molecule has 11 heteroatoms. The van der Waals surface area contributed by atoms with E-state index in [1.165, 1.54) is 6.07 Å².